The Labute approximate surface area is 191 Å². The second-order valence-corrected chi connectivity index (χ2v) is 9.85. The monoisotopic (exact) mass is 478 g/mol. The first-order valence-corrected chi connectivity index (χ1v) is 11.7. The van der Waals surface area contributed by atoms with E-state index in [2.05, 4.69) is 10.3 Å². The van der Waals surface area contributed by atoms with Crippen LogP contribution < -0.4 is 5.32 Å². The van der Waals surface area contributed by atoms with E-state index >= 15 is 0 Å². The molecular formula is C22H20Cl2N2O4S. The number of methoxy groups -OCH3 is 1. The number of carbonyl (C=O) groups excluding carboxylic acids is 1. The lowest BCUT2D eigenvalue weighted by atomic mass is 9.97. The average molecular weight is 479 g/mol. The van der Waals surface area contributed by atoms with Crippen LogP contribution in [0.1, 0.15) is 22.8 Å². The predicted molar refractivity (Wildman–Crippen MR) is 123 cm³/mol. The van der Waals surface area contributed by atoms with Gasteiger partial charge in [-0.3, -0.25) is 0 Å². The number of hydrogen-bond acceptors (Lipinski definition) is 6. The minimum absolute atomic E-state index is 0.00863. The van der Waals surface area contributed by atoms with Gasteiger partial charge in [0, 0.05) is 11.9 Å². The molecule has 0 radical (unpaired) electrons. The lowest BCUT2D eigenvalue weighted by molar-refractivity contribution is 0.0600. The average Bonchev–Trinajstić information content (AvgIpc) is 2.76. The quantitative estimate of drug-likeness (QED) is 0.458. The van der Waals surface area contributed by atoms with E-state index in [4.69, 9.17) is 27.9 Å². The fourth-order valence-electron chi connectivity index (χ4n) is 3.00. The van der Waals surface area contributed by atoms with Crippen molar-refractivity contribution in [2.24, 2.45) is 0 Å². The third-order valence-electron chi connectivity index (χ3n) is 4.78. The van der Waals surface area contributed by atoms with Crippen molar-refractivity contribution in [3.63, 3.8) is 0 Å². The topological polar surface area (TPSA) is 85.4 Å². The van der Waals surface area contributed by atoms with Crippen LogP contribution in [-0.4, -0.2) is 32.2 Å². The highest BCUT2D eigenvalue weighted by atomic mass is 35.5. The van der Waals surface area contributed by atoms with Gasteiger partial charge < -0.3 is 10.1 Å². The molecule has 0 aliphatic rings. The van der Waals surface area contributed by atoms with Crippen molar-refractivity contribution in [2.45, 2.75) is 18.7 Å². The Balaban J connectivity index is 2.17. The molecular weight excluding hydrogens is 459 g/mol. The molecule has 162 valence electrons. The van der Waals surface area contributed by atoms with Crippen LogP contribution >= 0.6 is 23.2 Å². The first-order chi connectivity index (χ1) is 14.7. The van der Waals surface area contributed by atoms with Crippen molar-refractivity contribution in [3.8, 4) is 11.1 Å². The molecule has 0 spiro atoms. The second-order valence-electron chi connectivity index (χ2n) is 6.73. The minimum Gasteiger partial charge on any atom is -0.465 e. The largest absolute Gasteiger partial charge is 0.465 e. The van der Waals surface area contributed by atoms with Crippen LogP contribution in [0.15, 0.2) is 53.6 Å². The molecule has 0 amide bonds. The van der Waals surface area contributed by atoms with Crippen molar-refractivity contribution in [3.05, 3.63) is 69.8 Å². The standard InChI is InChI=1S/C22H20Cl2N2O4S/c1-4-31(28,29)17-7-5-6-14(8-17)15-9-18(22(27)30-3)13(2)20(10-15)26-21-19(24)11-16(23)12-25-21/h5-12H,4H2,1-3H3,(H,25,26). The van der Waals surface area contributed by atoms with E-state index in [1.54, 1.807) is 56.3 Å². The smallest absolute Gasteiger partial charge is 0.338 e. The third kappa shape index (κ3) is 5.01. The summed E-state index contributed by atoms with van der Waals surface area (Å²) in [5.41, 5.74) is 2.79. The lowest BCUT2D eigenvalue weighted by Crippen LogP contribution is -2.07. The lowest BCUT2D eigenvalue weighted by Gasteiger charge is -2.16. The van der Waals surface area contributed by atoms with Gasteiger partial charge in [0.2, 0.25) is 0 Å². The summed E-state index contributed by atoms with van der Waals surface area (Å²) in [7, 11) is -2.08. The van der Waals surface area contributed by atoms with Gasteiger partial charge in [-0.1, -0.05) is 42.3 Å². The minimum atomic E-state index is -3.38. The number of ether oxygens (including phenoxy) is 1. The van der Waals surface area contributed by atoms with Gasteiger partial charge in [0.25, 0.3) is 0 Å². The van der Waals surface area contributed by atoms with E-state index in [0.29, 0.717) is 43.8 Å². The van der Waals surface area contributed by atoms with Crippen LogP contribution in [-0.2, 0) is 14.6 Å². The van der Waals surface area contributed by atoms with E-state index in [9.17, 15) is 13.2 Å². The zero-order valence-electron chi connectivity index (χ0n) is 17.1. The van der Waals surface area contributed by atoms with Gasteiger partial charge >= 0.3 is 5.97 Å². The number of nitrogens with one attached hydrogen (secondary N) is 1. The van der Waals surface area contributed by atoms with Gasteiger partial charge in [-0.05, 0) is 53.9 Å². The van der Waals surface area contributed by atoms with Crippen molar-refractivity contribution < 1.29 is 17.9 Å². The number of hydrogen-bond donors (Lipinski definition) is 1. The van der Waals surface area contributed by atoms with Crippen LogP contribution in [0.25, 0.3) is 11.1 Å². The van der Waals surface area contributed by atoms with Crippen LogP contribution in [0.5, 0.6) is 0 Å². The Morgan fingerprint density at radius 1 is 1.13 bits per heavy atom. The van der Waals surface area contributed by atoms with Gasteiger partial charge in [-0.2, -0.15) is 0 Å². The van der Waals surface area contributed by atoms with Crippen molar-refractivity contribution in [1.29, 1.82) is 0 Å². The number of sulfone groups is 1. The first kappa shape index (κ1) is 23.1. The predicted octanol–water partition coefficient (Wildman–Crippen LogP) is 5.69. The highest BCUT2D eigenvalue weighted by Crippen LogP contribution is 2.33. The molecule has 3 aromatic rings. The number of benzene rings is 2. The highest BCUT2D eigenvalue weighted by molar-refractivity contribution is 7.91. The number of carbonyl (C=O) groups is 1. The van der Waals surface area contributed by atoms with Gasteiger partial charge in [0.05, 0.1) is 33.4 Å². The zero-order chi connectivity index (χ0) is 22.8. The molecule has 9 heteroatoms. The normalized spacial score (nSPS) is 11.3. The maximum atomic E-state index is 12.4. The van der Waals surface area contributed by atoms with E-state index in [1.807, 2.05) is 0 Å². The number of pyridine rings is 1. The van der Waals surface area contributed by atoms with E-state index < -0.39 is 15.8 Å². The second kappa shape index (κ2) is 9.26. The van der Waals surface area contributed by atoms with E-state index in [0.717, 1.165) is 0 Å². The molecule has 0 saturated carbocycles. The van der Waals surface area contributed by atoms with Crippen molar-refractivity contribution >= 4 is 50.5 Å². The molecule has 0 atom stereocenters. The molecule has 6 nitrogen and oxygen atoms in total. The molecule has 2 aromatic carbocycles. The van der Waals surface area contributed by atoms with E-state index in [-0.39, 0.29) is 10.6 Å². The third-order valence-corrected chi connectivity index (χ3v) is 7.01. The summed E-state index contributed by atoms with van der Waals surface area (Å²) in [6.07, 6.45) is 1.45. The molecule has 0 aliphatic carbocycles. The van der Waals surface area contributed by atoms with Gasteiger partial charge in [0.15, 0.2) is 9.84 Å². The Morgan fingerprint density at radius 3 is 2.52 bits per heavy atom. The number of esters is 1. The molecule has 0 aliphatic heterocycles. The molecule has 0 fully saturated rings. The fraction of sp³-hybridized carbons (Fsp3) is 0.182. The van der Waals surface area contributed by atoms with Crippen molar-refractivity contribution in [2.75, 3.05) is 18.2 Å². The summed E-state index contributed by atoms with van der Waals surface area (Å²) in [5.74, 6) is -0.162. The fourth-order valence-corrected chi connectivity index (χ4v) is 4.36. The summed E-state index contributed by atoms with van der Waals surface area (Å²) in [6.45, 7) is 3.36. The van der Waals surface area contributed by atoms with Crippen molar-refractivity contribution in [1.82, 2.24) is 4.98 Å². The summed E-state index contributed by atoms with van der Waals surface area (Å²) >= 11 is 12.2. The Bertz CT molecular complexity index is 1260. The Morgan fingerprint density at radius 2 is 1.87 bits per heavy atom. The summed E-state index contributed by atoms with van der Waals surface area (Å²) < 4.78 is 29.6. The molecule has 1 N–H and O–H groups in total. The summed E-state index contributed by atoms with van der Waals surface area (Å²) in [4.78, 5) is 16.8. The maximum absolute atomic E-state index is 12.4. The maximum Gasteiger partial charge on any atom is 0.338 e. The number of anilines is 2. The Kier molecular flexibility index (Phi) is 6.89. The summed E-state index contributed by atoms with van der Waals surface area (Å²) in [5, 5.41) is 3.83. The number of nitrogens with zero attached hydrogens (tertiary/aromatic N) is 1. The number of rotatable bonds is 6. The van der Waals surface area contributed by atoms with Gasteiger partial charge in [-0.25, -0.2) is 18.2 Å². The molecule has 0 bridgehead atoms. The van der Waals surface area contributed by atoms with Gasteiger partial charge in [-0.15, -0.1) is 0 Å². The number of aromatic nitrogens is 1. The van der Waals surface area contributed by atoms with Crippen LogP contribution in [0.2, 0.25) is 10.0 Å². The molecule has 0 saturated heterocycles. The Hall–Kier alpha value is -2.61. The van der Waals surface area contributed by atoms with Gasteiger partial charge in [0.1, 0.15) is 5.82 Å². The molecule has 31 heavy (non-hydrogen) atoms. The van der Waals surface area contributed by atoms with Crippen LogP contribution in [0, 0.1) is 6.92 Å². The molecule has 1 aromatic heterocycles. The zero-order valence-corrected chi connectivity index (χ0v) is 19.4. The molecule has 3 rings (SSSR count). The summed E-state index contributed by atoms with van der Waals surface area (Å²) in [6, 6.07) is 11.6. The van der Waals surface area contributed by atoms with Crippen LogP contribution in [0.3, 0.4) is 0 Å². The molecule has 0 unspecified atom stereocenters. The highest BCUT2D eigenvalue weighted by Gasteiger charge is 2.18. The molecule has 1 heterocycles. The SMILES string of the molecule is CCS(=O)(=O)c1cccc(-c2cc(Nc3ncc(Cl)cc3Cl)c(C)c(C(=O)OC)c2)c1. The van der Waals surface area contributed by atoms with Crippen LogP contribution in [0.4, 0.5) is 11.5 Å². The first-order valence-electron chi connectivity index (χ1n) is 9.30. The number of halogens is 2. The van der Waals surface area contributed by atoms with E-state index in [1.165, 1.54) is 13.3 Å².